The van der Waals surface area contributed by atoms with Crippen LogP contribution in [0.4, 0.5) is 0 Å². The van der Waals surface area contributed by atoms with Crippen LogP contribution in [0, 0.1) is 0 Å². The summed E-state index contributed by atoms with van der Waals surface area (Å²) in [5.41, 5.74) is 0.485. The second kappa shape index (κ2) is 7.75. The Morgan fingerprint density at radius 2 is 1.90 bits per heavy atom. The highest BCUT2D eigenvalue weighted by Gasteiger charge is 2.18. The molecule has 0 aromatic heterocycles. The van der Waals surface area contributed by atoms with Gasteiger partial charge in [0.1, 0.15) is 0 Å². The number of nitrogens with zero attached hydrogens (tertiary/aromatic N) is 1. The summed E-state index contributed by atoms with van der Waals surface area (Å²) in [6, 6.07) is 0.0400. The smallest absolute Gasteiger partial charge is 0.265 e. The predicted molar refractivity (Wildman–Crippen MR) is 79.9 cm³/mol. The largest absolute Gasteiger partial charge is 0.350 e. The molecule has 0 bridgehead atoms. The average molecular weight is 307 g/mol. The first-order chi connectivity index (χ1) is 8.93. The number of amides is 1. The van der Waals surface area contributed by atoms with Crippen molar-refractivity contribution < 1.29 is 22.2 Å². The zero-order chi connectivity index (χ0) is 16.0. The number of hydrogen-bond donors (Lipinski definition) is 2. The summed E-state index contributed by atoms with van der Waals surface area (Å²) >= 11 is 0. The molecule has 0 fully saturated rings. The molecule has 0 saturated heterocycles. The minimum atomic E-state index is -3.88. The van der Waals surface area contributed by atoms with Gasteiger partial charge in [0, 0.05) is 24.5 Å². The number of rotatable bonds is 9. The van der Waals surface area contributed by atoms with Gasteiger partial charge in [0.05, 0.1) is 32.9 Å². The second-order valence-corrected chi connectivity index (χ2v) is 7.54. The molecule has 0 heterocycles. The van der Waals surface area contributed by atoms with Gasteiger partial charge in [-0.25, -0.2) is 0 Å². The first kappa shape index (κ1) is 19.1. The number of carbonyl (C=O) groups excluding carboxylic acids is 1. The molecule has 1 amide bonds. The fourth-order valence-electron chi connectivity index (χ4n) is 1.75. The monoisotopic (exact) mass is 307 g/mol. The summed E-state index contributed by atoms with van der Waals surface area (Å²) in [5, 5.41) is 2.85. The van der Waals surface area contributed by atoms with E-state index >= 15 is 0 Å². The lowest BCUT2D eigenvalue weighted by Crippen LogP contribution is -2.45. The molecular formula is C13H27N2O4S+. The highest BCUT2D eigenvalue weighted by atomic mass is 32.2. The molecule has 0 spiro atoms. The minimum Gasteiger partial charge on any atom is -0.350 e. The molecular weight excluding hydrogens is 280 g/mol. The third-order valence-electron chi connectivity index (χ3n) is 3.10. The van der Waals surface area contributed by atoms with E-state index in [9.17, 15) is 13.2 Å². The molecule has 0 aliphatic rings. The van der Waals surface area contributed by atoms with Gasteiger partial charge < -0.3 is 9.80 Å². The molecule has 0 aliphatic carbocycles. The Balaban J connectivity index is 4.08. The average Bonchev–Trinajstić information content (AvgIpc) is 2.24. The van der Waals surface area contributed by atoms with Gasteiger partial charge >= 0.3 is 0 Å². The van der Waals surface area contributed by atoms with Crippen LogP contribution in [-0.2, 0) is 14.9 Å². The summed E-state index contributed by atoms with van der Waals surface area (Å²) in [6.07, 6.45) is 1.20. The van der Waals surface area contributed by atoms with E-state index < -0.39 is 10.1 Å². The summed E-state index contributed by atoms with van der Waals surface area (Å²) in [6.45, 7) is 8.64. The zero-order valence-corrected chi connectivity index (χ0v) is 13.7. The summed E-state index contributed by atoms with van der Waals surface area (Å²) in [4.78, 5) is 11.4. The van der Waals surface area contributed by atoms with E-state index in [0.717, 1.165) is 13.0 Å². The van der Waals surface area contributed by atoms with Gasteiger partial charge in [-0.2, -0.15) is 8.42 Å². The SMILES string of the molecule is C=C(C)C(=O)NC(C)CC[N+](C)(C)CCCS(=O)(=O)O. The third kappa shape index (κ3) is 9.94. The van der Waals surface area contributed by atoms with Gasteiger partial charge in [-0.3, -0.25) is 9.35 Å². The van der Waals surface area contributed by atoms with E-state index in [1.54, 1.807) is 6.92 Å². The van der Waals surface area contributed by atoms with Crippen molar-refractivity contribution in [3.63, 3.8) is 0 Å². The molecule has 2 N–H and O–H groups in total. The highest BCUT2D eigenvalue weighted by Crippen LogP contribution is 2.05. The first-order valence-electron chi connectivity index (χ1n) is 6.66. The van der Waals surface area contributed by atoms with Crippen molar-refractivity contribution in [2.45, 2.75) is 32.7 Å². The van der Waals surface area contributed by atoms with Crippen LogP contribution in [0.2, 0.25) is 0 Å². The maximum atomic E-state index is 11.4. The maximum absolute atomic E-state index is 11.4. The van der Waals surface area contributed by atoms with Crippen molar-refractivity contribution in [3.8, 4) is 0 Å². The van der Waals surface area contributed by atoms with Crippen LogP contribution < -0.4 is 5.32 Å². The molecule has 1 atom stereocenters. The van der Waals surface area contributed by atoms with Crippen LogP contribution in [0.25, 0.3) is 0 Å². The lowest BCUT2D eigenvalue weighted by molar-refractivity contribution is -0.890. The van der Waals surface area contributed by atoms with Crippen LogP contribution in [0.1, 0.15) is 26.7 Å². The van der Waals surface area contributed by atoms with Crippen molar-refractivity contribution in [3.05, 3.63) is 12.2 Å². The predicted octanol–water partition coefficient (Wildman–Crippen LogP) is 0.812. The summed E-state index contributed by atoms with van der Waals surface area (Å²) in [5.74, 6) is -0.356. The van der Waals surface area contributed by atoms with Crippen LogP contribution in [-0.4, -0.2) is 62.3 Å². The van der Waals surface area contributed by atoms with E-state index in [0.29, 0.717) is 23.0 Å². The molecule has 0 aromatic carbocycles. The van der Waals surface area contributed by atoms with Crippen LogP contribution >= 0.6 is 0 Å². The van der Waals surface area contributed by atoms with Gasteiger partial charge in [-0.1, -0.05) is 6.58 Å². The van der Waals surface area contributed by atoms with E-state index in [1.807, 2.05) is 21.0 Å². The van der Waals surface area contributed by atoms with Crippen molar-refractivity contribution in [2.24, 2.45) is 0 Å². The normalized spacial score (nSPS) is 13.8. The molecule has 1 unspecified atom stereocenters. The standard InChI is InChI=1S/C13H26N2O4S/c1-11(2)13(16)14-12(3)7-9-15(4,5)8-6-10-20(17,18)19/h12H,1,6-10H2,2-5H3,(H-,14,16,17,18,19)/p+1. The van der Waals surface area contributed by atoms with E-state index in [2.05, 4.69) is 11.9 Å². The van der Waals surface area contributed by atoms with Gasteiger partial charge in [0.15, 0.2) is 0 Å². The summed E-state index contributed by atoms with van der Waals surface area (Å²) in [7, 11) is 0.115. The Labute approximate surface area is 122 Å². The number of hydrogen-bond acceptors (Lipinski definition) is 3. The fraction of sp³-hybridized carbons (Fsp3) is 0.769. The van der Waals surface area contributed by atoms with Gasteiger partial charge in [0.2, 0.25) is 5.91 Å². The van der Waals surface area contributed by atoms with E-state index in [4.69, 9.17) is 4.55 Å². The maximum Gasteiger partial charge on any atom is 0.265 e. The highest BCUT2D eigenvalue weighted by molar-refractivity contribution is 7.85. The Bertz CT molecular complexity index is 443. The first-order valence-corrected chi connectivity index (χ1v) is 8.27. The van der Waals surface area contributed by atoms with Crippen molar-refractivity contribution >= 4 is 16.0 Å². The second-order valence-electron chi connectivity index (χ2n) is 5.97. The molecule has 20 heavy (non-hydrogen) atoms. The van der Waals surface area contributed by atoms with Crippen molar-refractivity contribution in [1.82, 2.24) is 5.32 Å². The molecule has 0 aromatic rings. The fourth-order valence-corrected chi connectivity index (χ4v) is 2.24. The van der Waals surface area contributed by atoms with Crippen LogP contribution in [0.5, 0.6) is 0 Å². The molecule has 7 heteroatoms. The quantitative estimate of drug-likeness (QED) is 0.375. The number of carbonyl (C=O) groups is 1. The number of quaternary nitrogens is 1. The lowest BCUT2D eigenvalue weighted by Gasteiger charge is -2.31. The van der Waals surface area contributed by atoms with Crippen LogP contribution in [0.3, 0.4) is 0 Å². The molecule has 0 radical (unpaired) electrons. The molecule has 6 nitrogen and oxygen atoms in total. The molecule has 0 rings (SSSR count). The van der Waals surface area contributed by atoms with Gasteiger partial charge in [-0.05, 0) is 13.8 Å². The van der Waals surface area contributed by atoms with Crippen LogP contribution in [0.15, 0.2) is 12.2 Å². The molecule has 0 saturated carbocycles. The van der Waals surface area contributed by atoms with E-state index in [1.165, 1.54) is 0 Å². The van der Waals surface area contributed by atoms with Gasteiger partial charge in [-0.15, -0.1) is 0 Å². The third-order valence-corrected chi connectivity index (χ3v) is 3.90. The zero-order valence-electron chi connectivity index (χ0n) is 12.8. The topological polar surface area (TPSA) is 83.5 Å². The lowest BCUT2D eigenvalue weighted by atomic mass is 10.2. The molecule has 0 aliphatic heterocycles. The Morgan fingerprint density at radius 3 is 2.35 bits per heavy atom. The Hall–Kier alpha value is -0.920. The Morgan fingerprint density at radius 1 is 1.35 bits per heavy atom. The summed E-state index contributed by atoms with van der Waals surface area (Å²) < 4.78 is 30.7. The number of nitrogens with one attached hydrogen (secondary N) is 1. The van der Waals surface area contributed by atoms with Crippen molar-refractivity contribution in [1.29, 1.82) is 0 Å². The van der Waals surface area contributed by atoms with Gasteiger partial charge in [0.25, 0.3) is 10.1 Å². The van der Waals surface area contributed by atoms with Crippen molar-refractivity contribution in [2.75, 3.05) is 32.9 Å². The Kier molecular flexibility index (Phi) is 7.40. The minimum absolute atomic E-state index is 0.0400. The van der Waals surface area contributed by atoms with E-state index in [-0.39, 0.29) is 17.7 Å². The molecule has 118 valence electrons.